The summed E-state index contributed by atoms with van der Waals surface area (Å²) in [6, 6.07) is 5.04. The summed E-state index contributed by atoms with van der Waals surface area (Å²) in [4.78, 5) is 16.5. The Morgan fingerprint density at radius 3 is 2.52 bits per heavy atom. The maximum Gasteiger partial charge on any atom is 0.323 e. The molecule has 0 saturated carbocycles. The second-order valence-electron chi connectivity index (χ2n) is 4.53. The number of nitrogens with zero attached hydrogens (tertiary/aromatic N) is 2. The van der Waals surface area contributed by atoms with Gasteiger partial charge in [0.1, 0.15) is 5.82 Å². The summed E-state index contributed by atoms with van der Waals surface area (Å²) in [6.45, 7) is 3.47. The molecule has 0 spiro atoms. The summed E-state index contributed by atoms with van der Waals surface area (Å²) in [5, 5.41) is 0. The van der Waals surface area contributed by atoms with Crippen molar-refractivity contribution in [1.29, 1.82) is 0 Å². The third-order valence-electron chi connectivity index (χ3n) is 2.85. The molecule has 1 unspecified atom stereocenters. The van der Waals surface area contributed by atoms with E-state index >= 15 is 0 Å². The van der Waals surface area contributed by atoms with Gasteiger partial charge in [0, 0.05) is 17.6 Å². The highest BCUT2D eigenvalue weighted by Gasteiger charge is 2.19. The number of hydrogen-bond donors (Lipinski definition) is 0. The zero-order valence-corrected chi connectivity index (χ0v) is 12.7. The standard InChI is InChI=1S/C14H15FN2O3S/c1-4-12-16-9(2)13(20-12)14(18)17-21(3,19)11-7-5-10(15)6-8-11/h5-8H,4H2,1-3H3. The van der Waals surface area contributed by atoms with Crippen LogP contribution in [0.3, 0.4) is 0 Å². The molecule has 1 amide bonds. The molecule has 0 N–H and O–H groups in total. The van der Waals surface area contributed by atoms with E-state index in [0.717, 1.165) is 0 Å². The summed E-state index contributed by atoms with van der Waals surface area (Å²) in [6.07, 6.45) is 1.87. The Morgan fingerprint density at radius 2 is 2.00 bits per heavy atom. The average molecular weight is 310 g/mol. The highest BCUT2D eigenvalue weighted by molar-refractivity contribution is 7.93. The monoisotopic (exact) mass is 310 g/mol. The van der Waals surface area contributed by atoms with Crippen molar-refractivity contribution >= 4 is 15.6 Å². The van der Waals surface area contributed by atoms with Crippen molar-refractivity contribution in [2.75, 3.05) is 6.26 Å². The highest BCUT2D eigenvalue weighted by atomic mass is 32.2. The SMILES string of the molecule is CCc1nc(C)c(C(=O)N=S(C)(=O)c2ccc(F)cc2)o1. The number of benzene rings is 1. The topological polar surface area (TPSA) is 72.5 Å². The van der Waals surface area contributed by atoms with Crippen LogP contribution < -0.4 is 0 Å². The fourth-order valence-electron chi connectivity index (χ4n) is 1.74. The van der Waals surface area contributed by atoms with Crippen LogP contribution in [0.5, 0.6) is 0 Å². The van der Waals surface area contributed by atoms with Gasteiger partial charge in [-0.1, -0.05) is 6.92 Å². The number of halogens is 1. The van der Waals surface area contributed by atoms with Gasteiger partial charge < -0.3 is 4.42 Å². The third kappa shape index (κ3) is 3.36. The quantitative estimate of drug-likeness (QED) is 0.873. The molecular formula is C14H15FN2O3S. The van der Waals surface area contributed by atoms with Crippen LogP contribution in [0, 0.1) is 12.7 Å². The molecule has 2 rings (SSSR count). The lowest BCUT2D eigenvalue weighted by Crippen LogP contribution is -2.04. The molecule has 0 fully saturated rings. The van der Waals surface area contributed by atoms with Crippen LogP contribution in [-0.2, 0) is 16.1 Å². The molecule has 7 heteroatoms. The summed E-state index contributed by atoms with van der Waals surface area (Å²) in [5.41, 5.74) is 0.412. The number of carbonyl (C=O) groups is 1. The fraction of sp³-hybridized carbons (Fsp3) is 0.286. The zero-order chi connectivity index (χ0) is 15.6. The lowest BCUT2D eigenvalue weighted by Gasteiger charge is -2.03. The van der Waals surface area contributed by atoms with E-state index in [1.807, 2.05) is 6.92 Å². The van der Waals surface area contributed by atoms with Crippen LogP contribution >= 0.6 is 0 Å². The van der Waals surface area contributed by atoms with Gasteiger partial charge in [0.15, 0.2) is 5.89 Å². The lowest BCUT2D eigenvalue weighted by molar-refractivity contribution is 0.0976. The molecule has 0 aliphatic carbocycles. The number of aryl methyl sites for hydroxylation is 2. The summed E-state index contributed by atoms with van der Waals surface area (Å²) in [7, 11) is -2.97. The molecule has 0 radical (unpaired) electrons. The minimum atomic E-state index is -2.97. The van der Waals surface area contributed by atoms with Crippen molar-refractivity contribution in [3.63, 3.8) is 0 Å². The number of hydrogen-bond acceptors (Lipinski definition) is 4. The molecule has 1 atom stereocenters. The van der Waals surface area contributed by atoms with Crippen LogP contribution in [-0.4, -0.2) is 21.4 Å². The van der Waals surface area contributed by atoms with Gasteiger partial charge in [-0.15, -0.1) is 0 Å². The van der Waals surface area contributed by atoms with Crippen molar-refractivity contribution < 1.29 is 17.8 Å². The molecule has 0 aliphatic heterocycles. The van der Waals surface area contributed by atoms with Crippen LogP contribution in [0.1, 0.15) is 29.1 Å². The summed E-state index contributed by atoms with van der Waals surface area (Å²) < 4.78 is 34.4. The Kier molecular flexibility index (Phi) is 4.22. The minimum Gasteiger partial charge on any atom is -0.435 e. The molecule has 21 heavy (non-hydrogen) atoms. The molecule has 112 valence electrons. The average Bonchev–Trinajstić information content (AvgIpc) is 2.80. The predicted octanol–water partition coefficient (Wildman–Crippen LogP) is 2.98. The highest BCUT2D eigenvalue weighted by Crippen LogP contribution is 2.16. The van der Waals surface area contributed by atoms with Gasteiger partial charge in [-0.05, 0) is 31.2 Å². The van der Waals surface area contributed by atoms with Gasteiger partial charge in [-0.25, -0.2) is 13.6 Å². The molecule has 1 aromatic heterocycles. The molecule has 0 bridgehead atoms. The summed E-state index contributed by atoms with van der Waals surface area (Å²) in [5.74, 6) is -0.755. The van der Waals surface area contributed by atoms with Crippen molar-refractivity contribution in [3.8, 4) is 0 Å². The minimum absolute atomic E-state index is 0.0106. The first-order valence-corrected chi connectivity index (χ1v) is 8.24. The smallest absolute Gasteiger partial charge is 0.323 e. The molecule has 2 aromatic rings. The Hall–Kier alpha value is -2.02. The summed E-state index contributed by atoms with van der Waals surface area (Å²) >= 11 is 0. The lowest BCUT2D eigenvalue weighted by atomic mass is 10.3. The number of rotatable bonds is 3. The molecule has 0 aliphatic rings. The van der Waals surface area contributed by atoms with Crippen LogP contribution in [0.4, 0.5) is 4.39 Å². The first kappa shape index (κ1) is 15.4. The van der Waals surface area contributed by atoms with Crippen LogP contribution in [0.2, 0.25) is 0 Å². The van der Waals surface area contributed by atoms with Crippen molar-refractivity contribution in [2.45, 2.75) is 25.2 Å². The Morgan fingerprint density at radius 1 is 1.38 bits per heavy atom. The van der Waals surface area contributed by atoms with E-state index in [2.05, 4.69) is 9.35 Å². The maximum atomic E-state index is 12.9. The molecule has 1 heterocycles. The van der Waals surface area contributed by atoms with Gasteiger partial charge >= 0.3 is 5.91 Å². The predicted molar refractivity (Wildman–Crippen MR) is 76.1 cm³/mol. The van der Waals surface area contributed by atoms with Crippen LogP contribution in [0.15, 0.2) is 37.9 Å². The maximum absolute atomic E-state index is 12.9. The van der Waals surface area contributed by atoms with Gasteiger partial charge in [-0.2, -0.15) is 4.36 Å². The van der Waals surface area contributed by atoms with Gasteiger partial charge in [0.25, 0.3) is 0 Å². The van der Waals surface area contributed by atoms with Crippen LogP contribution in [0.25, 0.3) is 0 Å². The number of aromatic nitrogens is 1. The number of amides is 1. The van der Waals surface area contributed by atoms with Gasteiger partial charge in [0.2, 0.25) is 5.76 Å². The second-order valence-corrected chi connectivity index (χ2v) is 6.79. The number of oxazole rings is 1. The van der Waals surface area contributed by atoms with E-state index in [1.54, 1.807) is 6.92 Å². The first-order chi connectivity index (χ1) is 9.83. The largest absolute Gasteiger partial charge is 0.435 e. The third-order valence-corrected chi connectivity index (χ3v) is 4.51. The first-order valence-electron chi connectivity index (χ1n) is 6.32. The molecular weight excluding hydrogens is 295 g/mol. The van der Waals surface area contributed by atoms with Gasteiger partial charge in [0.05, 0.1) is 15.4 Å². The van der Waals surface area contributed by atoms with E-state index < -0.39 is 21.5 Å². The van der Waals surface area contributed by atoms with E-state index in [1.165, 1.54) is 30.5 Å². The second kappa shape index (κ2) is 5.77. The Labute approximate surface area is 122 Å². The van der Waals surface area contributed by atoms with Crippen molar-refractivity contribution in [2.24, 2.45) is 4.36 Å². The number of carbonyl (C=O) groups excluding carboxylic acids is 1. The Bertz CT molecular complexity index is 787. The van der Waals surface area contributed by atoms with E-state index in [-0.39, 0.29) is 10.7 Å². The van der Waals surface area contributed by atoms with E-state index in [9.17, 15) is 13.4 Å². The Balaban J connectivity index is 2.41. The molecule has 1 aromatic carbocycles. The zero-order valence-electron chi connectivity index (χ0n) is 11.9. The van der Waals surface area contributed by atoms with Gasteiger partial charge in [-0.3, -0.25) is 4.79 Å². The van der Waals surface area contributed by atoms with Crippen molar-refractivity contribution in [3.05, 3.63) is 47.4 Å². The van der Waals surface area contributed by atoms with E-state index in [0.29, 0.717) is 18.0 Å². The molecule has 0 saturated heterocycles. The molecule has 5 nitrogen and oxygen atoms in total. The fourth-order valence-corrected chi connectivity index (χ4v) is 2.89. The van der Waals surface area contributed by atoms with Crippen molar-refractivity contribution in [1.82, 2.24) is 4.98 Å². The normalized spacial score (nSPS) is 13.7. The van der Waals surface area contributed by atoms with E-state index in [4.69, 9.17) is 4.42 Å².